The Balaban J connectivity index is 1.85. The number of carbonyl (C=O) groups is 1. The monoisotopic (exact) mass is 285 g/mol. The number of nitrogens with zero attached hydrogens (tertiary/aromatic N) is 1. The number of esters is 1. The molecule has 0 unspecified atom stereocenters. The minimum atomic E-state index is -0.331. The van der Waals surface area contributed by atoms with Crippen LogP contribution in [-0.4, -0.2) is 11.7 Å². The fourth-order valence-electron chi connectivity index (χ4n) is 1.77. The molecule has 0 aliphatic heterocycles. The van der Waals surface area contributed by atoms with Crippen LogP contribution < -0.4 is 0 Å². The molecule has 0 aromatic heterocycles. The second-order valence-electron chi connectivity index (χ2n) is 4.65. The van der Waals surface area contributed by atoms with Gasteiger partial charge in [0.1, 0.15) is 12.4 Å². The van der Waals surface area contributed by atoms with Crippen LogP contribution in [-0.2, 0) is 16.1 Å². The number of benzene rings is 2. The normalized spacial score (nSPS) is 11.2. The predicted molar refractivity (Wildman–Crippen MR) is 80.0 cm³/mol. The van der Waals surface area contributed by atoms with E-state index in [9.17, 15) is 9.18 Å². The smallest absolute Gasteiger partial charge is 0.311 e. The van der Waals surface area contributed by atoms with Gasteiger partial charge in [0.05, 0.1) is 12.1 Å². The van der Waals surface area contributed by atoms with Gasteiger partial charge in [0.2, 0.25) is 0 Å². The van der Waals surface area contributed by atoms with Crippen molar-refractivity contribution in [1.29, 1.82) is 0 Å². The first kappa shape index (κ1) is 14.9. The summed E-state index contributed by atoms with van der Waals surface area (Å²) in [5.74, 6) is -0.643. The van der Waals surface area contributed by atoms with E-state index in [2.05, 4.69) is 4.99 Å². The van der Waals surface area contributed by atoms with Gasteiger partial charge in [-0.1, -0.05) is 30.3 Å². The van der Waals surface area contributed by atoms with Crippen molar-refractivity contribution in [3.63, 3.8) is 0 Å². The largest absolute Gasteiger partial charge is 0.461 e. The summed E-state index contributed by atoms with van der Waals surface area (Å²) < 4.78 is 17.9. The molecule has 2 aromatic rings. The number of ether oxygens (including phenoxy) is 1. The van der Waals surface area contributed by atoms with Crippen LogP contribution in [0.25, 0.3) is 0 Å². The highest BCUT2D eigenvalue weighted by Crippen LogP contribution is 2.13. The van der Waals surface area contributed by atoms with Crippen LogP contribution >= 0.6 is 0 Å². The van der Waals surface area contributed by atoms with E-state index in [-0.39, 0.29) is 24.8 Å². The molecule has 21 heavy (non-hydrogen) atoms. The summed E-state index contributed by atoms with van der Waals surface area (Å²) >= 11 is 0. The zero-order valence-electron chi connectivity index (χ0n) is 11.8. The molecule has 0 radical (unpaired) electrons. The first-order valence-electron chi connectivity index (χ1n) is 6.63. The maximum absolute atomic E-state index is 12.8. The molecular formula is C17H16FNO2. The summed E-state index contributed by atoms with van der Waals surface area (Å²) in [6, 6.07) is 15.3. The van der Waals surface area contributed by atoms with Crippen molar-refractivity contribution in [1.82, 2.24) is 0 Å². The van der Waals surface area contributed by atoms with Gasteiger partial charge in [-0.05, 0) is 36.8 Å². The quantitative estimate of drug-likeness (QED) is 0.614. The lowest BCUT2D eigenvalue weighted by Crippen LogP contribution is -2.09. The van der Waals surface area contributed by atoms with Crippen LogP contribution in [0.15, 0.2) is 59.6 Å². The van der Waals surface area contributed by atoms with E-state index in [0.29, 0.717) is 11.4 Å². The van der Waals surface area contributed by atoms with Crippen LogP contribution in [0, 0.1) is 5.82 Å². The van der Waals surface area contributed by atoms with Crippen molar-refractivity contribution in [3.8, 4) is 0 Å². The Morgan fingerprint density at radius 2 is 1.76 bits per heavy atom. The number of halogens is 1. The van der Waals surface area contributed by atoms with Crippen molar-refractivity contribution in [3.05, 3.63) is 66.0 Å². The molecule has 0 atom stereocenters. The standard InChI is InChI=1S/C17H16FNO2/c1-13(19-16-9-7-15(18)8-10-16)11-17(20)21-12-14-5-3-2-4-6-14/h2-10H,11-12H2,1H3. The minimum absolute atomic E-state index is 0.115. The van der Waals surface area contributed by atoms with E-state index in [0.717, 1.165) is 5.56 Å². The summed E-state index contributed by atoms with van der Waals surface area (Å²) in [7, 11) is 0. The van der Waals surface area contributed by atoms with Crippen LogP contribution in [0.4, 0.5) is 10.1 Å². The lowest BCUT2D eigenvalue weighted by atomic mass is 10.2. The summed E-state index contributed by atoms with van der Waals surface area (Å²) in [4.78, 5) is 16.0. The molecule has 0 fully saturated rings. The highest BCUT2D eigenvalue weighted by atomic mass is 19.1. The first-order valence-corrected chi connectivity index (χ1v) is 6.63. The molecule has 2 rings (SSSR count). The molecule has 2 aromatic carbocycles. The van der Waals surface area contributed by atoms with Crippen LogP contribution in [0.3, 0.4) is 0 Å². The van der Waals surface area contributed by atoms with Gasteiger partial charge >= 0.3 is 5.97 Å². The van der Waals surface area contributed by atoms with Crippen molar-refractivity contribution in [2.24, 2.45) is 4.99 Å². The third-order valence-electron chi connectivity index (χ3n) is 2.79. The number of rotatable bonds is 5. The number of hydrogen-bond donors (Lipinski definition) is 0. The Morgan fingerprint density at radius 1 is 1.10 bits per heavy atom. The Labute approximate surface area is 123 Å². The molecule has 0 aliphatic carbocycles. The molecule has 0 saturated heterocycles. The zero-order chi connectivity index (χ0) is 15.1. The van der Waals surface area contributed by atoms with Crippen LogP contribution in [0.2, 0.25) is 0 Å². The van der Waals surface area contributed by atoms with Gasteiger partial charge < -0.3 is 4.74 Å². The maximum atomic E-state index is 12.8. The zero-order valence-corrected chi connectivity index (χ0v) is 11.8. The number of hydrogen-bond acceptors (Lipinski definition) is 3. The third kappa shape index (κ3) is 5.18. The minimum Gasteiger partial charge on any atom is -0.461 e. The molecule has 0 bridgehead atoms. The summed E-state index contributed by atoms with van der Waals surface area (Å²) in [6.07, 6.45) is 0.115. The first-order chi connectivity index (χ1) is 10.1. The van der Waals surface area contributed by atoms with E-state index >= 15 is 0 Å². The highest BCUT2D eigenvalue weighted by molar-refractivity contribution is 5.98. The Bertz CT molecular complexity index is 621. The van der Waals surface area contributed by atoms with Gasteiger partial charge in [0, 0.05) is 5.71 Å². The Kier molecular flexibility index (Phi) is 5.21. The van der Waals surface area contributed by atoms with Gasteiger partial charge in [-0.2, -0.15) is 0 Å². The maximum Gasteiger partial charge on any atom is 0.311 e. The molecule has 3 nitrogen and oxygen atoms in total. The van der Waals surface area contributed by atoms with E-state index in [4.69, 9.17) is 4.74 Å². The Hall–Kier alpha value is -2.49. The number of carbonyl (C=O) groups excluding carboxylic acids is 1. The van der Waals surface area contributed by atoms with Gasteiger partial charge in [0.15, 0.2) is 0 Å². The molecule has 0 heterocycles. The summed E-state index contributed by atoms with van der Waals surface area (Å²) in [6.45, 7) is 2.00. The second-order valence-corrected chi connectivity index (χ2v) is 4.65. The van der Waals surface area contributed by atoms with E-state index in [1.165, 1.54) is 12.1 Å². The summed E-state index contributed by atoms with van der Waals surface area (Å²) in [5, 5.41) is 0. The lowest BCUT2D eigenvalue weighted by molar-refractivity contribution is -0.143. The third-order valence-corrected chi connectivity index (χ3v) is 2.79. The van der Waals surface area contributed by atoms with Gasteiger partial charge in [-0.3, -0.25) is 9.79 Å². The van der Waals surface area contributed by atoms with Crippen molar-refractivity contribution >= 4 is 17.4 Å². The predicted octanol–water partition coefficient (Wildman–Crippen LogP) is 4.05. The molecule has 0 saturated carbocycles. The molecule has 0 spiro atoms. The SMILES string of the molecule is CC(CC(=O)OCc1ccccc1)=Nc1ccc(F)cc1. The number of aliphatic imine (C=N–C) groups is 1. The molecule has 0 aliphatic rings. The van der Waals surface area contributed by atoms with Crippen molar-refractivity contribution in [2.45, 2.75) is 20.0 Å². The molecule has 0 N–H and O–H groups in total. The molecule has 108 valence electrons. The van der Waals surface area contributed by atoms with Crippen LogP contribution in [0.1, 0.15) is 18.9 Å². The average molecular weight is 285 g/mol. The van der Waals surface area contributed by atoms with E-state index in [1.807, 2.05) is 30.3 Å². The van der Waals surface area contributed by atoms with Gasteiger partial charge in [-0.15, -0.1) is 0 Å². The van der Waals surface area contributed by atoms with Gasteiger partial charge in [0.25, 0.3) is 0 Å². The highest BCUT2D eigenvalue weighted by Gasteiger charge is 2.06. The molecular weight excluding hydrogens is 269 g/mol. The fourth-order valence-corrected chi connectivity index (χ4v) is 1.77. The fraction of sp³-hybridized carbons (Fsp3) is 0.176. The van der Waals surface area contributed by atoms with E-state index in [1.54, 1.807) is 19.1 Å². The second kappa shape index (κ2) is 7.33. The Morgan fingerprint density at radius 3 is 2.43 bits per heavy atom. The average Bonchev–Trinajstić information content (AvgIpc) is 2.48. The van der Waals surface area contributed by atoms with E-state index < -0.39 is 0 Å². The van der Waals surface area contributed by atoms with Crippen molar-refractivity contribution in [2.75, 3.05) is 0 Å². The van der Waals surface area contributed by atoms with Crippen molar-refractivity contribution < 1.29 is 13.9 Å². The van der Waals surface area contributed by atoms with Crippen LogP contribution in [0.5, 0.6) is 0 Å². The lowest BCUT2D eigenvalue weighted by Gasteiger charge is -2.05. The topological polar surface area (TPSA) is 38.7 Å². The molecule has 4 heteroatoms. The molecule has 0 amide bonds. The summed E-state index contributed by atoms with van der Waals surface area (Å²) in [5.41, 5.74) is 2.18. The van der Waals surface area contributed by atoms with Gasteiger partial charge in [-0.25, -0.2) is 4.39 Å².